The molecule has 1 aromatic heterocycles. The van der Waals surface area contributed by atoms with Gasteiger partial charge >= 0.3 is 0 Å². The van der Waals surface area contributed by atoms with Crippen LogP contribution in [0.15, 0.2) is 12.3 Å². The molecule has 2 N–H and O–H groups in total. The zero-order valence-electron chi connectivity index (χ0n) is 11.2. The van der Waals surface area contributed by atoms with Crippen LogP contribution in [0.4, 0.5) is 11.5 Å². The van der Waals surface area contributed by atoms with E-state index in [0.29, 0.717) is 13.1 Å². The fourth-order valence-electron chi connectivity index (χ4n) is 1.97. The van der Waals surface area contributed by atoms with Gasteiger partial charge in [0, 0.05) is 32.2 Å². The number of anilines is 1. The van der Waals surface area contributed by atoms with E-state index in [2.05, 4.69) is 15.6 Å². The zero-order chi connectivity index (χ0) is 15.2. The third-order valence-electron chi connectivity index (χ3n) is 3.08. The Labute approximate surface area is 120 Å². The van der Waals surface area contributed by atoms with Gasteiger partial charge in [0.15, 0.2) is 0 Å². The summed E-state index contributed by atoms with van der Waals surface area (Å²) in [5, 5.41) is 25.5. The first-order valence-corrected chi connectivity index (χ1v) is 6.38. The van der Waals surface area contributed by atoms with Crippen molar-refractivity contribution >= 4 is 17.4 Å². The number of nitrogens with one attached hydrogen (secondary N) is 2. The van der Waals surface area contributed by atoms with E-state index in [1.54, 1.807) is 4.90 Å². The molecule has 1 aromatic rings. The lowest BCUT2D eigenvalue weighted by Gasteiger charge is -2.27. The Kier molecular flexibility index (Phi) is 4.63. The molecule has 2 rings (SSSR count). The highest BCUT2D eigenvalue weighted by Gasteiger charge is 2.17. The molecule has 1 fully saturated rings. The molecule has 0 aromatic carbocycles. The molecule has 9 nitrogen and oxygen atoms in total. The topological polar surface area (TPSA) is 124 Å². The molecule has 0 radical (unpaired) electrons. The molecule has 110 valence electrons. The van der Waals surface area contributed by atoms with E-state index in [1.807, 2.05) is 6.07 Å². The Morgan fingerprint density at radius 1 is 1.57 bits per heavy atom. The van der Waals surface area contributed by atoms with Gasteiger partial charge in [-0.15, -0.1) is 0 Å². The predicted octanol–water partition coefficient (Wildman–Crippen LogP) is -0.295. The lowest BCUT2D eigenvalue weighted by Crippen LogP contribution is -2.48. The van der Waals surface area contributed by atoms with Crippen molar-refractivity contribution in [2.45, 2.75) is 0 Å². The maximum Gasteiger partial charge on any atom is 0.289 e. The predicted molar refractivity (Wildman–Crippen MR) is 73.5 cm³/mol. The van der Waals surface area contributed by atoms with Gasteiger partial charge < -0.3 is 15.5 Å². The van der Waals surface area contributed by atoms with Gasteiger partial charge in [-0.2, -0.15) is 5.26 Å². The SMILES string of the molecule is N#Cc1cc([N+](=O)[O-])cnc1NCC(=O)N1CCNCC1. The molecule has 0 bridgehead atoms. The summed E-state index contributed by atoms with van der Waals surface area (Å²) in [4.78, 5) is 27.5. The zero-order valence-corrected chi connectivity index (χ0v) is 11.2. The number of piperazine rings is 1. The minimum absolute atomic E-state index is 0.000505. The Morgan fingerprint density at radius 2 is 2.29 bits per heavy atom. The summed E-state index contributed by atoms with van der Waals surface area (Å²) in [5.74, 6) is 0.0760. The van der Waals surface area contributed by atoms with Crippen molar-refractivity contribution in [2.24, 2.45) is 0 Å². The first kappa shape index (κ1) is 14.7. The number of nitrogens with zero attached hydrogens (tertiary/aromatic N) is 4. The summed E-state index contributed by atoms with van der Waals surface area (Å²) < 4.78 is 0. The summed E-state index contributed by atoms with van der Waals surface area (Å²) in [7, 11) is 0. The van der Waals surface area contributed by atoms with Crippen molar-refractivity contribution in [3.8, 4) is 6.07 Å². The molecular formula is C12H14N6O3. The summed E-state index contributed by atoms with van der Waals surface area (Å²) in [6.45, 7) is 2.79. The highest BCUT2D eigenvalue weighted by atomic mass is 16.6. The van der Waals surface area contributed by atoms with Crippen molar-refractivity contribution in [3.63, 3.8) is 0 Å². The van der Waals surface area contributed by atoms with Crippen molar-refractivity contribution in [3.05, 3.63) is 27.9 Å². The number of hydrogen-bond donors (Lipinski definition) is 2. The average Bonchev–Trinajstić information content (AvgIpc) is 2.53. The van der Waals surface area contributed by atoms with Crippen molar-refractivity contribution in [1.29, 1.82) is 5.26 Å². The Hall–Kier alpha value is -2.73. The quantitative estimate of drug-likeness (QED) is 0.576. The number of pyridine rings is 1. The number of nitro groups is 1. The highest BCUT2D eigenvalue weighted by molar-refractivity contribution is 5.81. The Morgan fingerprint density at radius 3 is 2.90 bits per heavy atom. The van der Waals surface area contributed by atoms with Gasteiger partial charge in [0.1, 0.15) is 23.6 Å². The van der Waals surface area contributed by atoms with Crippen LogP contribution in [0.5, 0.6) is 0 Å². The van der Waals surface area contributed by atoms with Gasteiger partial charge in [-0.3, -0.25) is 14.9 Å². The van der Waals surface area contributed by atoms with Gasteiger partial charge in [-0.05, 0) is 0 Å². The summed E-state index contributed by atoms with van der Waals surface area (Å²) in [5.41, 5.74) is -0.220. The minimum atomic E-state index is -0.622. The molecule has 1 aliphatic heterocycles. The van der Waals surface area contributed by atoms with E-state index in [0.717, 1.165) is 25.4 Å². The monoisotopic (exact) mass is 290 g/mol. The van der Waals surface area contributed by atoms with E-state index in [4.69, 9.17) is 5.26 Å². The van der Waals surface area contributed by atoms with Crippen LogP contribution in [0.3, 0.4) is 0 Å². The van der Waals surface area contributed by atoms with E-state index < -0.39 is 4.92 Å². The van der Waals surface area contributed by atoms with Crippen LogP contribution in [0.25, 0.3) is 0 Å². The van der Waals surface area contributed by atoms with Crippen LogP contribution in [0.1, 0.15) is 5.56 Å². The second kappa shape index (κ2) is 6.62. The molecular weight excluding hydrogens is 276 g/mol. The average molecular weight is 290 g/mol. The minimum Gasteiger partial charge on any atom is -0.360 e. The molecule has 0 aliphatic carbocycles. The van der Waals surface area contributed by atoms with E-state index in [-0.39, 0.29) is 29.5 Å². The standard InChI is InChI=1S/C12H14N6O3/c13-6-9-5-10(18(20)21)7-15-12(9)16-8-11(19)17-3-1-14-2-4-17/h5,7,14H,1-4,8H2,(H,15,16). The van der Waals surface area contributed by atoms with Crippen LogP contribution < -0.4 is 10.6 Å². The smallest absolute Gasteiger partial charge is 0.289 e. The maximum atomic E-state index is 12.0. The Balaban J connectivity index is 2.01. The third kappa shape index (κ3) is 3.64. The van der Waals surface area contributed by atoms with Crippen molar-refractivity contribution in [1.82, 2.24) is 15.2 Å². The van der Waals surface area contributed by atoms with Crippen LogP contribution in [0, 0.1) is 21.4 Å². The number of nitriles is 1. The molecule has 0 unspecified atom stereocenters. The molecule has 0 atom stereocenters. The van der Waals surface area contributed by atoms with Crippen LogP contribution in [-0.2, 0) is 4.79 Å². The molecule has 1 amide bonds. The largest absolute Gasteiger partial charge is 0.360 e. The maximum absolute atomic E-state index is 12.0. The van der Waals surface area contributed by atoms with Crippen molar-refractivity contribution < 1.29 is 9.72 Å². The van der Waals surface area contributed by atoms with Gasteiger partial charge in [-0.1, -0.05) is 0 Å². The van der Waals surface area contributed by atoms with Gasteiger partial charge in [-0.25, -0.2) is 4.98 Å². The van der Waals surface area contributed by atoms with Crippen LogP contribution in [-0.4, -0.2) is 53.4 Å². The number of carbonyl (C=O) groups is 1. The first-order chi connectivity index (χ1) is 10.1. The molecule has 1 saturated heterocycles. The van der Waals surface area contributed by atoms with Crippen LogP contribution >= 0.6 is 0 Å². The number of hydrogen-bond acceptors (Lipinski definition) is 7. The van der Waals surface area contributed by atoms with Crippen molar-refractivity contribution in [2.75, 3.05) is 38.0 Å². The lowest BCUT2D eigenvalue weighted by atomic mass is 10.2. The second-order valence-electron chi connectivity index (χ2n) is 4.44. The van der Waals surface area contributed by atoms with Gasteiger partial charge in [0.25, 0.3) is 5.69 Å². The lowest BCUT2D eigenvalue weighted by molar-refractivity contribution is -0.385. The highest BCUT2D eigenvalue weighted by Crippen LogP contribution is 2.17. The van der Waals surface area contributed by atoms with E-state index in [9.17, 15) is 14.9 Å². The summed E-state index contributed by atoms with van der Waals surface area (Å²) in [6.07, 6.45) is 1.05. The van der Waals surface area contributed by atoms with E-state index in [1.165, 1.54) is 0 Å². The molecule has 2 heterocycles. The normalized spacial score (nSPS) is 14.3. The summed E-state index contributed by atoms with van der Waals surface area (Å²) in [6, 6.07) is 2.96. The second-order valence-corrected chi connectivity index (χ2v) is 4.44. The fraction of sp³-hybridized carbons (Fsp3) is 0.417. The van der Waals surface area contributed by atoms with Crippen LogP contribution in [0.2, 0.25) is 0 Å². The van der Waals surface area contributed by atoms with Gasteiger partial charge in [0.2, 0.25) is 5.91 Å². The third-order valence-corrected chi connectivity index (χ3v) is 3.08. The molecule has 21 heavy (non-hydrogen) atoms. The number of aromatic nitrogens is 1. The molecule has 0 spiro atoms. The fourth-order valence-corrected chi connectivity index (χ4v) is 1.97. The van der Waals surface area contributed by atoms with E-state index >= 15 is 0 Å². The summed E-state index contributed by atoms with van der Waals surface area (Å²) >= 11 is 0. The number of carbonyl (C=O) groups excluding carboxylic acids is 1. The number of rotatable bonds is 4. The molecule has 1 aliphatic rings. The van der Waals surface area contributed by atoms with Gasteiger partial charge in [0.05, 0.1) is 11.5 Å². The molecule has 9 heteroatoms. The number of amides is 1. The first-order valence-electron chi connectivity index (χ1n) is 6.38. The Bertz CT molecular complexity index is 591. The molecule has 0 saturated carbocycles.